The van der Waals surface area contributed by atoms with Crippen LogP contribution in [0.2, 0.25) is 0 Å². The Kier molecular flexibility index (Phi) is 8.56. The fraction of sp³-hybridized carbons (Fsp3) is 0.361. The molecule has 5 heterocycles. The number of aromatic amines is 2. The van der Waals surface area contributed by atoms with Gasteiger partial charge in [0.05, 0.1) is 65.9 Å². The zero-order valence-electron chi connectivity index (χ0n) is 28.1. The van der Waals surface area contributed by atoms with Crippen molar-refractivity contribution in [3.05, 3.63) is 72.7 Å². The van der Waals surface area contributed by atoms with Crippen molar-refractivity contribution in [2.75, 3.05) is 20.2 Å². The van der Waals surface area contributed by atoms with Crippen molar-refractivity contribution in [1.29, 1.82) is 0 Å². The van der Waals surface area contributed by atoms with Crippen LogP contribution in [0, 0.1) is 5.92 Å². The molecule has 2 aliphatic rings. The maximum absolute atomic E-state index is 13.7. The topological polar surface area (TPSA) is 196 Å². The highest BCUT2D eigenvalue weighted by Gasteiger charge is 2.51. The summed E-state index contributed by atoms with van der Waals surface area (Å²) in [5.41, 5.74) is 11.1. The quantitative estimate of drug-likeness (QED) is 0.127. The number of methoxy groups -OCH3 is 1. The smallest absolute Gasteiger partial charge is 0.407 e. The highest BCUT2D eigenvalue weighted by atomic mass is 16.5. The maximum Gasteiger partial charge on any atom is 0.407 e. The van der Waals surface area contributed by atoms with Crippen LogP contribution < -0.4 is 5.73 Å². The first-order valence-electron chi connectivity index (χ1n) is 16.7. The van der Waals surface area contributed by atoms with Gasteiger partial charge in [-0.2, -0.15) is 0 Å². The van der Waals surface area contributed by atoms with Gasteiger partial charge in [0.15, 0.2) is 5.54 Å². The average molecular weight is 678 g/mol. The van der Waals surface area contributed by atoms with Crippen molar-refractivity contribution in [3.8, 4) is 33.8 Å². The molecule has 2 aliphatic heterocycles. The molecule has 2 aromatic carbocycles. The van der Waals surface area contributed by atoms with E-state index in [1.165, 1.54) is 12.0 Å². The Morgan fingerprint density at radius 3 is 2.12 bits per heavy atom. The Morgan fingerprint density at radius 1 is 0.860 bits per heavy atom. The van der Waals surface area contributed by atoms with E-state index in [1.807, 2.05) is 42.5 Å². The molecule has 0 spiro atoms. The number of carboxylic acid groups (broad SMARTS) is 1. The third kappa shape index (κ3) is 5.74. The number of rotatable bonds is 8. The predicted molar refractivity (Wildman–Crippen MR) is 184 cm³/mol. The number of nitrogens with zero attached hydrogens (tertiary/aromatic N) is 6. The lowest BCUT2D eigenvalue weighted by molar-refractivity contribution is -0.159. The van der Waals surface area contributed by atoms with E-state index in [1.54, 1.807) is 37.3 Å². The summed E-state index contributed by atoms with van der Waals surface area (Å²) in [6.07, 6.45) is 7.30. The Hall–Kier alpha value is -5.63. The third-order valence-corrected chi connectivity index (χ3v) is 9.97. The van der Waals surface area contributed by atoms with Gasteiger partial charge >= 0.3 is 12.1 Å². The second kappa shape index (κ2) is 13.0. The number of ether oxygens (including phenoxy) is 1. The van der Waals surface area contributed by atoms with E-state index in [-0.39, 0.29) is 12.1 Å². The van der Waals surface area contributed by atoms with Crippen LogP contribution in [0.25, 0.3) is 44.8 Å². The molecule has 14 heteroatoms. The fourth-order valence-electron chi connectivity index (χ4n) is 7.00. The number of hydrogen-bond acceptors (Lipinski definition) is 9. The molecule has 0 saturated carbocycles. The van der Waals surface area contributed by atoms with Crippen LogP contribution in [0.3, 0.4) is 0 Å². The normalized spacial score (nSPS) is 18.9. The number of amides is 2. The summed E-state index contributed by atoms with van der Waals surface area (Å²) >= 11 is 0. The number of aromatic nitrogens is 6. The summed E-state index contributed by atoms with van der Waals surface area (Å²) in [6.45, 7) is 4.46. The number of benzene rings is 2. The first-order chi connectivity index (χ1) is 24.1. The molecule has 258 valence electrons. The number of fused-ring (bicyclic) bond motifs is 1. The van der Waals surface area contributed by atoms with E-state index in [0.717, 1.165) is 52.7 Å². The second-order valence-electron chi connectivity index (χ2n) is 13.2. The Balaban J connectivity index is 1.06. The molecule has 14 nitrogen and oxygen atoms in total. The van der Waals surface area contributed by atoms with Gasteiger partial charge < -0.3 is 30.4 Å². The summed E-state index contributed by atoms with van der Waals surface area (Å²) in [5, 5.41) is 9.49. The van der Waals surface area contributed by atoms with Crippen LogP contribution in [0.5, 0.6) is 0 Å². The van der Waals surface area contributed by atoms with Gasteiger partial charge in [0.25, 0.3) is 5.91 Å². The van der Waals surface area contributed by atoms with Crippen molar-refractivity contribution < 1.29 is 24.2 Å². The lowest BCUT2D eigenvalue weighted by Crippen LogP contribution is -2.64. The molecule has 5 aromatic rings. The molecule has 2 amide bonds. The average Bonchev–Trinajstić information content (AvgIpc) is 3.96. The second-order valence-corrected chi connectivity index (χ2v) is 13.2. The minimum Gasteiger partial charge on any atom is -0.467 e. The van der Waals surface area contributed by atoms with Crippen LogP contribution in [0.4, 0.5) is 4.79 Å². The standard InChI is InChI=1S/C36H39N9O5/c1-20(2)36(37,34(47)50-3)33(46)44-14-4-7-30(44)32-41-24-13-12-23(16-25(24)42-32)27-18-38-26(17-39-27)21-8-10-22(11-9-21)28-19-40-31(43-28)29-6-5-15-45(29)35(48)49/h8-13,16-20,29-30H,4-7,14-15,37H2,1-3H3,(H,40,43)(H,41,42)(H,48,49)/t29-,30-,36-/m0/s1. The van der Waals surface area contributed by atoms with Crippen LogP contribution in [-0.2, 0) is 14.3 Å². The minimum atomic E-state index is -1.78. The summed E-state index contributed by atoms with van der Waals surface area (Å²) in [5.74, 6) is -0.375. The van der Waals surface area contributed by atoms with Crippen molar-refractivity contribution in [3.63, 3.8) is 0 Å². The van der Waals surface area contributed by atoms with Crippen LogP contribution >= 0.6 is 0 Å². The molecule has 7 rings (SSSR count). The number of carbonyl (C=O) groups is 3. The van der Waals surface area contributed by atoms with Gasteiger partial charge in [0.2, 0.25) is 0 Å². The van der Waals surface area contributed by atoms with Gasteiger partial charge in [-0.3, -0.25) is 19.7 Å². The number of nitrogens with two attached hydrogens (primary N) is 1. The van der Waals surface area contributed by atoms with Gasteiger partial charge in [-0.1, -0.05) is 44.2 Å². The zero-order chi connectivity index (χ0) is 35.2. The van der Waals surface area contributed by atoms with E-state index in [0.29, 0.717) is 42.5 Å². The molecule has 0 unspecified atom stereocenters. The zero-order valence-corrected chi connectivity index (χ0v) is 28.1. The molecule has 0 aliphatic carbocycles. The van der Waals surface area contributed by atoms with E-state index in [9.17, 15) is 19.5 Å². The van der Waals surface area contributed by atoms with Crippen molar-refractivity contribution in [1.82, 2.24) is 39.7 Å². The highest BCUT2D eigenvalue weighted by Crippen LogP contribution is 2.36. The minimum absolute atomic E-state index is 0.255. The third-order valence-electron chi connectivity index (χ3n) is 9.97. The van der Waals surface area contributed by atoms with Crippen LogP contribution in [0.15, 0.2) is 61.1 Å². The molecule has 50 heavy (non-hydrogen) atoms. The first-order valence-corrected chi connectivity index (χ1v) is 16.7. The predicted octanol–water partition coefficient (Wildman–Crippen LogP) is 5.08. The summed E-state index contributed by atoms with van der Waals surface area (Å²) in [7, 11) is 1.24. The van der Waals surface area contributed by atoms with E-state index >= 15 is 0 Å². The lowest BCUT2D eigenvalue weighted by Gasteiger charge is -2.35. The number of hydrogen-bond donors (Lipinski definition) is 4. The number of esters is 1. The first kappa shape index (κ1) is 32.9. The van der Waals surface area contributed by atoms with Gasteiger partial charge in [-0.05, 0) is 49.3 Å². The van der Waals surface area contributed by atoms with Crippen LogP contribution in [0.1, 0.15) is 63.3 Å². The van der Waals surface area contributed by atoms with E-state index in [4.69, 9.17) is 20.4 Å². The highest BCUT2D eigenvalue weighted by molar-refractivity contribution is 6.07. The Bertz CT molecular complexity index is 2060. The molecular weight excluding hydrogens is 638 g/mol. The summed E-state index contributed by atoms with van der Waals surface area (Å²) in [6, 6.07) is 13.1. The number of nitrogens with one attached hydrogen (secondary N) is 2. The van der Waals surface area contributed by atoms with Gasteiger partial charge in [-0.25, -0.2) is 19.6 Å². The number of likely N-dealkylation sites (tertiary alicyclic amines) is 2. The Labute approximate surface area is 288 Å². The molecule has 2 fully saturated rings. The van der Waals surface area contributed by atoms with E-state index in [2.05, 4.69) is 19.9 Å². The number of imidazole rings is 2. The van der Waals surface area contributed by atoms with Gasteiger partial charge in [-0.15, -0.1) is 0 Å². The number of carbonyl (C=O) groups excluding carboxylic acids is 2. The molecule has 5 N–H and O–H groups in total. The maximum atomic E-state index is 13.7. The molecule has 3 atom stereocenters. The summed E-state index contributed by atoms with van der Waals surface area (Å²) in [4.78, 5) is 66.3. The lowest BCUT2D eigenvalue weighted by atomic mass is 9.85. The number of H-pyrrole nitrogens is 2. The molecule has 0 radical (unpaired) electrons. The molecule has 2 saturated heterocycles. The Morgan fingerprint density at radius 2 is 1.48 bits per heavy atom. The molecule has 0 bridgehead atoms. The van der Waals surface area contributed by atoms with Crippen LogP contribution in [-0.4, -0.2) is 88.5 Å². The van der Waals surface area contributed by atoms with E-state index < -0.39 is 29.4 Å². The largest absolute Gasteiger partial charge is 0.467 e. The van der Waals surface area contributed by atoms with Crippen molar-refractivity contribution in [2.24, 2.45) is 11.7 Å². The molecule has 3 aromatic heterocycles. The summed E-state index contributed by atoms with van der Waals surface area (Å²) < 4.78 is 4.91. The van der Waals surface area contributed by atoms with Crippen molar-refractivity contribution in [2.45, 2.75) is 57.2 Å². The SMILES string of the molecule is COC(=O)[C@@](N)(C(=O)N1CCC[C@H]1c1nc2ccc(-c3cnc(-c4ccc(-c5cnc([C@@H]6CCCN6C(=O)O)[nH]5)cc4)cn3)cc2[nH]1)C(C)C. The van der Waals surface area contributed by atoms with Crippen molar-refractivity contribution >= 4 is 29.0 Å². The fourth-order valence-corrected chi connectivity index (χ4v) is 7.00. The van der Waals surface area contributed by atoms with Gasteiger partial charge in [0, 0.05) is 24.2 Å². The molecular formula is C36H39N9O5. The monoisotopic (exact) mass is 677 g/mol. The van der Waals surface area contributed by atoms with Gasteiger partial charge in [0.1, 0.15) is 11.6 Å².